The van der Waals surface area contributed by atoms with Gasteiger partial charge in [-0.2, -0.15) is 0 Å². The molecule has 0 unspecified atom stereocenters. The Morgan fingerprint density at radius 1 is 0.889 bits per heavy atom. The molecule has 2 aliphatic rings. The maximum Gasteiger partial charge on any atom is 0.310 e. The van der Waals surface area contributed by atoms with E-state index in [1.54, 1.807) is 24.1 Å². The topological polar surface area (TPSA) is 96.2 Å². The number of likely N-dealkylation sites (tertiary alicyclic amines) is 2. The van der Waals surface area contributed by atoms with Crippen LogP contribution in [-0.4, -0.2) is 84.9 Å². The third kappa shape index (κ3) is 8.77. The molecule has 0 bridgehead atoms. The van der Waals surface area contributed by atoms with Gasteiger partial charge >= 0.3 is 5.97 Å². The highest BCUT2D eigenvalue weighted by Gasteiger charge is 2.25. The van der Waals surface area contributed by atoms with Crippen molar-refractivity contribution in [3.8, 4) is 11.1 Å². The summed E-state index contributed by atoms with van der Waals surface area (Å²) in [6.45, 7) is 4.70. The molecule has 2 heterocycles. The van der Waals surface area contributed by atoms with Crippen LogP contribution in [0.25, 0.3) is 11.1 Å². The van der Waals surface area contributed by atoms with E-state index < -0.39 is 5.82 Å². The van der Waals surface area contributed by atoms with Crippen molar-refractivity contribution in [2.24, 2.45) is 11.7 Å². The number of piperidine rings is 2. The van der Waals surface area contributed by atoms with E-state index in [4.69, 9.17) is 10.5 Å². The summed E-state index contributed by atoms with van der Waals surface area (Å²) < 4.78 is 20.8. The molecule has 0 aromatic heterocycles. The van der Waals surface area contributed by atoms with Gasteiger partial charge in [-0.1, -0.05) is 60.7 Å². The van der Waals surface area contributed by atoms with Gasteiger partial charge in [-0.05, 0) is 73.2 Å². The minimum atomic E-state index is -0.523. The number of likely N-dealkylation sites (N-methyl/N-ethyl adjacent to an activating group) is 1. The average Bonchev–Trinajstić information content (AvgIpc) is 3.05. The molecule has 2 saturated heterocycles. The van der Waals surface area contributed by atoms with Gasteiger partial charge in [0.2, 0.25) is 5.91 Å². The number of ether oxygens (including phenoxy) is 1. The zero-order chi connectivity index (χ0) is 31.8. The standard InChI is InChI=1S/C36H43FN4O4/c1-39(36(44)32-12-11-26(23-33(32)37)25-41-17-13-28(14-18-41)35(38)43)21-22-40-19-15-30(16-20-40)45-34(42)24-29-9-5-6-10-31(29)27-7-3-2-4-8-27/h2-12,23,28,30H,13-22,24-25H2,1H3,(H2,38,43). The van der Waals surface area contributed by atoms with Crippen LogP contribution < -0.4 is 5.73 Å². The second kappa shape index (κ2) is 15.3. The Bertz CT molecular complexity index is 1470. The lowest BCUT2D eigenvalue weighted by Gasteiger charge is -2.32. The van der Waals surface area contributed by atoms with Crippen LogP contribution in [-0.2, 0) is 27.3 Å². The lowest BCUT2D eigenvalue weighted by molar-refractivity contribution is -0.150. The molecule has 0 atom stereocenters. The van der Waals surface area contributed by atoms with Crippen molar-refractivity contribution in [2.45, 2.75) is 44.8 Å². The van der Waals surface area contributed by atoms with Crippen molar-refractivity contribution >= 4 is 17.8 Å². The summed E-state index contributed by atoms with van der Waals surface area (Å²) >= 11 is 0. The van der Waals surface area contributed by atoms with Crippen LogP contribution in [0.3, 0.4) is 0 Å². The number of amides is 2. The fourth-order valence-electron chi connectivity index (χ4n) is 6.27. The number of carbonyl (C=O) groups excluding carboxylic acids is 3. The Hall–Kier alpha value is -4.08. The predicted octanol–water partition coefficient (Wildman–Crippen LogP) is 4.51. The molecule has 8 nitrogen and oxygen atoms in total. The maximum atomic E-state index is 15.0. The fraction of sp³-hybridized carbons (Fsp3) is 0.417. The largest absolute Gasteiger partial charge is 0.462 e. The average molecular weight is 615 g/mol. The minimum Gasteiger partial charge on any atom is -0.462 e. The van der Waals surface area contributed by atoms with E-state index in [1.165, 1.54) is 6.07 Å². The molecule has 45 heavy (non-hydrogen) atoms. The summed E-state index contributed by atoms with van der Waals surface area (Å²) in [6, 6.07) is 22.8. The molecule has 0 saturated carbocycles. The predicted molar refractivity (Wildman–Crippen MR) is 172 cm³/mol. The van der Waals surface area contributed by atoms with E-state index in [-0.39, 0.29) is 41.8 Å². The first-order valence-corrected chi connectivity index (χ1v) is 15.9. The molecule has 0 spiro atoms. The fourth-order valence-corrected chi connectivity index (χ4v) is 6.27. The number of nitrogens with two attached hydrogens (primary N) is 1. The monoisotopic (exact) mass is 614 g/mol. The summed E-state index contributed by atoms with van der Waals surface area (Å²) in [5.41, 5.74) is 9.35. The van der Waals surface area contributed by atoms with Crippen molar-refractivity contribution in [3.63, 3.8) is 0 Å². The Kier molecular flexibility index (Phi) is 11.0. The van der Waals surface area contributed by atoms with Crippen LogP contribution in [0.4, 0.5) is 4.39 Å². The number of carbonyl (C=O) groups is 3. The van der Waals surface area contributed by atoms with Gasteiger partial charge in [-0.3, -0.25) is 19.3 Å². The highest BCUT2D eigenvalue weighted by atomic mass is 19.1. The molecule has 0 aliphatic carbocycles. The number of primary amides is 1. The molecular formula is C36H43FN4O4. The molecule has 3 aromatic carbocycles. The van der Waals surface area contributed by atoms with Gasteiger partial charge in [0.15, 0.2) is 0 Å². The van der Waals surface area contributed by atoms with Crippen LogP contribution in [0.15, 0.2) is 72.8 Å². The molecule has 3 aromatic rings. The van der Waals surface area contributed by atoms with Crippen molar-refractivity contribution in [2.75, 3.05) is 46.3 Å². The second-order valence-corrected chi connectivity index (χ2v) is 12.2. The van der Waals surface area contributed by atoms with Crippen LogP contribution >= 0.6 is 0 Å². The van der Waals surface area contributed by atoms with Crippen LogP contribution in [0.2, 0.25) is 0 Å². The number of benzene rings is 3. The van der Waals surface area contributed by atoms with E-state index in [2.05, 4.69) is 9.80 Å². The van der Waals surface area contributed by atoms with Crippen molar-refractivity contribution in [1.29, 1.82) is 0 Å². The first-order chi connectivity index (χ1) is 21.8. The number of hydrogen-bond donors (Lipinski definition) is 1. The zero-order valence-electron chi connectivity index (χ0n) is 26.0. The molecule has 9 heteroatoms. The normalized spacial score (nSPS) is 16.8. The first kappa shape index (κ1) is 32.3. The lowest BCUT2D eigenvalue weighted by Crippen LogP contribution is -2.42. The molecule has 2 fully saturated rings. The van der Waals surface area contributed by atoms with Gasteiger partial charge < -0.3 is 20.3 Å². The minimum absolute atomic E-state index is 0.0631. The van der Waals surface area contributed by atoms with Crippen molar-refractivity contribution in [3.05, 3.63) is 95.3 Å². The van der Waals surface area contributed by atoms with Gasteiger partial charge in [-0.15, -0.1) is 0 Å². The summed E-state index contributed by atoms with van der Waals surface area (Å²) in [7, 11) is 1.69. The Morgan fingerprint density at radius 3 is 2.24 bits per heavy atom. The summed E-state index contributed by atoms with van der Waals surface area (Å²) in [5.74, 6) is -1.43. The van der Waals surface area contributed by atoms with Gasteiger partial charge in [-0.25, -0.2) is 4.39 Å². The smallest absolute Gasteiger partial charge is 0.310 e. The van der Waals surface area contributed by atoms with Gasteiger partial charge in [0, 0.05) is 45.7 Å². The molecule has 5 rings (SSSR count). The van der Waals surface area contributed by atoms with Gasteiger partial charge in [0.25, 0.3) is 5.91 Å². The van der Waals surface area contributed by atoms with Gasteiger partial charge in [0.05, 0.1) is 12.0 Å². The number of nitrogens with zero attached hydrogens (tertiary/aromatic N) is 3. The Labute approximate surface area is 264 Å². The molecule has 2 aliphatic heterocycles. The number of halogens is 1. The molecule has 238 valence electrons. The molecule has 0 radical (unpaired) electrons. The molecule has 2 N–H and O–H groups in total. The summed E-state index contributed by atoms with van der Waals surface area (Å²) in [6.07, 6.45) is 3.00. The summed E-state index contributed by atoms with van der Waals surface area (Å²) in [5, 5.41) is 0. The number of esters is 1. The second-order valence-electron chi connectivity index (χ2n) is 12.2. The first-order valence-electron chi connectivity index (χ1n) is 15.9. The van der Waals surface area contributed by atoms with Crippen molar-refractivity contribution < 1.29 is 23.5 Å². The van der Waals surface area contributed by atoms with E-state index in [0.29, 0.717) is 32.5 Å². The number of rotatable bonds is 11. The SMILES string of the molecule is CN(CCN1CCC(OC(=O)Cc2ccccc2-c2ccccc2)CC1)C(=O)c1ccc(CN2CCC(C(N)=O)CC2)cc1F. The van der Waals surface area contributed by atoms with Crippen molar-refractivity contribution in [1.82, 2.24) is 14.7 Å². The lowest BCUT2D eigenvalue weighted by atomic mass is 9.96. The van der Waals surface area contributed by atoms with E-state index in [9.17, 15) is 18.8 Å². The summed E-state index contributed by atoms with van der Waals surface area (Å²) in [4.78, 5) is 43.2. The highest BCUT2D eigenvalue weighted by Crippen LogP contribution is 2.25. The molecule has 2 amide bonds. The van der Waals surface area contributed by atoms with Crippen LogP contribution in [0.1, 0.15) is 47.2 Å². The van der Waals surface area contributed by atoms with Crippen LogP contribution in [0.5, 0.6) is 0 Å². The highest BCUT2D eigenvalue weighted by molar-refractivity contribution is 5.94. The van der Waals surface area contributed by atoms with Crippen LogP contribution in [0, 0.1) is 11.7 Å². The maximum absolute atomic E-state index is 15.0. The third-order valence-corrected chi connectivity index (χ3v) is 9.03. The van der Waals surface area contributed by atoms with Gasteiger partial charge in [0.1, 0.15) is 11.9 Å². The number of hydrogen-bond acceptors (Lipinski definition) is 6. The quantitative estimate of drug-likeness (QED) is 0.320. The zero-order valence-corrected chi connectivity index (χ0v) is 26.0. The Morgan fingerprint density at radius 2 is 1.56 bits per heavy atom. The third-order valence-electron chi connectivity index (χ3n) is 9.03. The van der Waals surface area contributed by atoms with E-state index in [1.807, 2.05) is 54.6 Å². The van der Waals surface area contributed by atoms with E-state index >= 15 is 0 Å². The van der Waals surface area contributed by atoms with E-state index in [0.717, 1.165) is 61.3 Å². The molecular weight excluding hydrogens is 571 g/mol. The Balaban J connectivity index is 1.04.